The Morgan fingerprint density at radius 1 is 1.03 bits per heavy atom. The fraction of sp³-hybridized carbons (Fsp3) is 0.125. The van der Waals surface area contributed by atoms with Gasteiger partial charge in [-0.3, -0.25) is 14.5 Å². The molecule has 3 heterocycles. The van der Waals surface area contributed by atoms with Crippen molar-refractivity contribution in [2.75, 3.05) is 12.0 Å². The van der Waals surface area contributed by atoms with E-state index in [1.807, 2.05) is 37.3 Å². The van der Waals surface area contributed by atoms with E-state index < -0.39 is 11.9 Å². The molecule has 6 nitrogen and oxygen atoms in total. The van der Waals surface area contributed by atoms with Crippen molar-refractivity contribution in [1.82, 2.24) is 4.98 Å². The molecule has 1 aliphatic rings. The second kappa shape index (κ2) is 6.84. The van der Waals surface area contributed by atoms with Crippen LogP contribution in [0.4, 0.5) is 5.82 Å². The van der Waals surface area contributed by atoms with Crippen LogP contribution in [0.2, 0.25) is 0 Å². The number of hydrogen-bond acceptors (Lipinski definition) is 5. The number of aromatic nitrogens is 1. The summed E-state index contributed by atoms with van der Waals surface area (Å²) in [5, 5.41) is 0.440. The number of benzene rings is 2. The number of aryl methyl sites for hydroxylation is 1. The molecular weight excluding hydrogens is 380 g/mol. The number of fused-ring (bicyclic) bond motifs is 2. The summed E-state index contributed by atoms with van der Waals surface area (Å²) in [7, 11) is 1.58. The van der Waals surface area contributed by atoms with Gasteiger partial charge in [-0.25, -0.2) is 4.98 Å². The molecule has 0 spiro atoms. The second-order valence-corrected chi connectivity index (χ2v) is 7.22. The third kappa shape index (κ3) is 2.69. The number of nitrogens with zero attached hydrogens (tertiary/aromatic N) is 2. The number of para-hydroxylation sites is 1. The molecule has 2 aromatic heterocycles. The molecule has 0 bridgehead atoms. The lowest BCUT2D eigenvalue weighted by molar-refractivity contribution is 0.0970. The van der Waals surface area contributed by atoms with Crippen LogP contribution in [0.3, 0.4) is 0 Å². The first kappa shape index (κ1) is 18.1. The predicted molar refractivity (Wildman–Crippen MR) is 113 cm³/mol. The lowest BCUT2D eigenvalue weighted by Crippen LogP contribution is -2.30. The molecule has 1 aliphatic heterocycles. The fourth-order valence-electron chi connectivity index (χ4n) is 3.89. The average Bonchev–Trinajstić information content (AvgIpc) is 3.07. The number of methoxy groups -OCH3 is 1. The minimum Gasteiger partial charge on any atom is -0.497 e. The number of carbonyl (C=O) groups excluding carboxylic acids is 1. The standard InChI is InChI=1S/C24H18N2O4/c1-14-10-11-19(25-13-14)26-21(15-6-5-7-16(12-15)29-2)20-22(27)17-8-3-4-9-18(17)30-23(20)24(26)28/h3-13,21H,1-2H3/t21-/m0/s1. The summed E-state index contributed by atoms with van der Waals surface area (Å²) in [6.45, 7) is 1.93. The van der Waals surface area contributed by atoms with Crippen molar-refractivity contribution in [1.29, 1.82) is 0 Å². The Hall–Kier alpha value is -3.93. The van der Waals surface area contributed by atoms with Gasteiger partial charge in [0.2, 0.25) is 5.76 Å². The predicted octanol–water partition coefficient (Wildman–Crippen LogP) is 4.25. The second-order valence-electron chi connectivity index (χ2n) is 7.22. The van der Waals surface area contributed by atoms with E-state index in [0.717, 1.165) is 11.1 Å². The van der Waals surface area contributed by atoms with Crippen LogP contribution in [0, 0.1) is 6.92 Å². The highest BCUT2D eigenvalue weighted by molar-refractivity contribution is 6.10. The van der Waals surface area contributed by atoms with Gasteiger partial charge in [0.15, 0.2) is 5.43 Å². The van der Waals surface area contributed by atoms with Crippen LogP contribution in [0.15, 0.2) is 76.1 Å². The molecule has 4 aromatic rings. The van der Waals surface area contributed by atoms with Crippen molar-refractivity contribution >= 4 is 22.7 Å². The molecule has 2 aromatic carbocycles. The Kier molecular flexibility index (Phi) is 4.13. The zero-order valence-corrected chi connectivity index (χ0v) is 16.5. The van der Waals surface area contributed by atoms with Gasteiger partial charge in [0.1, 0.15) is 17.2 Å². The maximum Gasteiger partial charge on any atom is 0.296 e. The third-order valence-corrected chi connectivity index (χ3v) is 5.33. The molecule has 148 valence electrons. The number of hydrogen-bond donors (Lipinski definition) is 0. The lowest BCUT2D eigenvalue weighted by atomic mass is 9.98. The van der Waals surface area contributed by atoms with E-state index >= 15 is 0 Å². The molecule has 0 fully saturated rings. The van der Waals surface area contributed by atoms with E-state index in [1.54, 1.807) is 43.6 Å². The lowest BCUT2D eigenvalue weighted by Gasteiger charge is -2.24. The number of rotatable bonds is 3. The van der Waals surface area contributed by atoms with E-state index in [4.69, 9.17) is 9.15 Å². The van der Waals surface area contributed by atoms with Gasteiger partial charge in [-0.05, 0) is 48.4 Å². The molecule has 30 heavy (non-hydrogen) atoms. The van der Waals surface area contributed by atoms with E-state index in [1.165, 1.54) is 4.90 Å². The van der Waals surface area contributed by atoms with E-state index in [0.29, 0.717) is 28.1 Å². The van der Waals surface area contributed by atoms with E-state index in [2.05, 4.69) is 4.98 Å². The van der Waals surface area contributed by atoms with Crippen molar-refractivity contribution < 1.29 is 13.9 Å². The summed E-state index contributed by atoms with van der Waals surface area (Å²) in [5.41, 5.74) is 2.20. The maximum absolute atomic E-state index is 13.4. The Balaban J connectivity index is 1.81. The monoisotopic (exact) mass is 398 g/mol. The fourth-order valence-corrected chi connectivity index (χ4v) is 3.89. The number of anilines is 1. The van der Waals surface area contributed by atoms with Crippen molar-refractivity contribution in [2.45, 2.75) is 13.0 Å². The molecule has 1 amide bonds. The Bertz CT molecular complexity index is 1340. The van der Waals surface area contributed by atoms with Gasteiger partial charge in [0, 0.05) is 6.20 Å². The zero-order valence-electron chi connectivity index (χ0n) is 16.5. The highest BCUT2D eigenvalue weighted by Crippen LogP contribution is 2.41. The van der Waals surface area contributed by atoms with Gasteiger partial charge in [0.05, 0.1) is 24.1 Å². The molecular formula is C24H18N2O4. The molecule has 1 atom stereocenters. The largest absolute Gasteiger partial charge is 0.497 e. The van der Waals surface area contributed by atoms with Crippen LogP contribution in [0.25, 0.3) is 11.0 Å². The third-order valence-electron chi connectivity index (χ3n) is 5.33. The van der Waals surface area contributed by atoms with Crippen LogP contribution in [-0.4, -0.2) is 18.0 Å². The van der Waals surface area contributed by atoms with Gasteiger partial charge in [-0.15, -0.1) is 0 Å². The van der Waals surface area contributed by atoms with Crippen molar-refractivity contribution in [2.24, 2.45) is 0 Å². The summed E-state index contributed by atoms with van der Waals surface area (Å²) in [6, 6.07) is 17.3. The highest BCUT2D eigenvalue weighted by Gasteiger charge is 2.44. The van der Waals surface area contributed by atoms with Crippen LogP contribution in [0.1, 0.15) is 33.3 Å². The van der Waals surface area contributed by atoms with Gasteiger partial charge in [-0.1, -0.05) is 30.3 Å². The van der Waals surface area contributed by atoms with Gasteiger partial charge < -0.3 is 9.15 Å². The molecule has 0 radical (unpaired) electrons. The minimum absolute atomic E-state index is 0.0499. The van der Waals surface area contributed by atoms with Crippen LogP contribution < -0.4 is 15.1 Å². The first-order valence-electron chi connectivity index (χ1n) is 9.54. The van der Waals surface area contributed by atoms with Crippen LogP contribution in [0.5, 0.6) is 5.75 Å². The molecule has 6 heteroatoms. The molecule has 5 rings (SSSR count). The van der Waals surface area contributed by atoms with Gasteiger partial charge in [0.25, 0.3) is 5.91 Å². The summed E-state index contributed by atoms with van der Waals surface area (Å²) in [5.74, 6) is 0.745. The van der Waals surface area contributed by atoms with E-state index in [-0.39, 0.29) is 11.2 Å². The Morgan fingerprint density at radius 2 is 1.87 bits per heavy atom. The molecule has 0 N–H and O–H groups in total. The average molecular weight is 398 g/mol. The van der Waals surface area contributed by atoms with Gasteiger partial charge >= 0.3 is 0 Å². The zero-order chi connectivity index (χ0) is 20.8. The first-order chi connectivity index (χ1) is 14.6. The topological polar surface area (TPSA) is 72.6 Å². The Labute approximate surface area is 172 Å². The van der Waals surface area contributed by atoms with E-state index in [9.17, 15) is 9.59 Å². The summed E-state index contributed by atoms with van der Waals surface area (Å²) in [4.78, 5) is 32.8. The van der Waals surface area contributed by atoms with Gasteiger partial charge in [-0.2, -0.15) is 0 Å². The SMILES string of the molecule is COc1cccc([C@H]2c3c(oc4ccccc4c3=O)C(=O)N2c2ccc(C)cn2)c1. The number of carbonyl (C=O) groups is 1. The number of pyridine rings is 1. The quantitative estimate of drug-likeness (QED) is 0.516. The summed E-state index contributed by atoms with van der Waals surface area (Å²) < 4.78 is 11.3. The smallest absolute Gasteiger partial charge is 0.296 e. The summed E-state index contributed by atoms with van der Waals surface area (Å²) in [6.07, 6.45) is 1.69. The minimum atomic E-state index is -0.668. The first-order valence-corrected chi connectivity index (χ1v) is 9.54. The van der Waals surface area contributed by atoms with Crippen molar-refractivity contribution in [3.63, 3.8) is 0 Å². The van der Waals surface area contributed by atoms with Crippen LogP contribution in [-0.2, 0) is 0 Å². The van der Waals surface area contributed by atoms with Crippen LogP contribution >= 0.6 is 0 Å². The number of ether oxygens (including phenoxy) is 1. The summed E-state index contributed by atoms with van der Waals surface area (Å²) >= 11 is 0. The number of amides is 1. The Morgan fingerprint density at radius 3 is 2.63 bits per heavy atom. The maximum atomic E-state index is 13.4. The van der Waals surface area contributed by atoms with Crippen molar-refractivity contribution in [3.05, 3.63) is 99.5 Å². The molecule has 0 saturated heterocycles. The molecule has 0 saturated carbocycles. The molecule has 0 unspecified atom stereocenters. The highest BCUT2D eigenvalue weighted by atomic mass is 16.5. The molecule has 0 aliphatic carbocycles. The normalized spacial score (nSPS) is 15.5. The van der Waals surface area contributed by atoms with Crippen molar-refractivity contribution in [3.8, 4) is 5.75 Å².